The summed E-state index contributed by atoms with van der Waals surface area (Å²) in [5.74, 6) is -1.07. The first-order valence-corrected chi connectivity index (χ1v) is 13.2. The van der Waals surface area contributed by atoms with Crippen LogP contribution in [-0.2, 0) is 9.53 Å². The van der Waals surface area contributed by atoms with E-state index < -0.39 is 11.9 Å². The number of ether oxygens (including phenoxy) is 1. The second-order valence-electron chi connectivity index (χ2n) is 9.31. The quantitative estimate of drug-likeness (QED) is 0.254. The van der Waals surface area contributed by atoms with Crippen molar-refractivity contribution in [3.8, 4) is 6.07 Å². The lowest BCUT2D eigenvalue weighted by Gasteiger charge is -2.35. The second-order valence-corrected chi connectivity index (χ2v) is 9.31. The predicted molar refractivity (Wildman–Crippen MR) is 147 cm³/mol. The van der Waals surface area contributed by atoms with Crippen LogP contribution in [0.15, 0.2) is 60.8 Å². The smallest absolute Gasteiger partial charge is 0.329 e. The number of nitrogens with zero attached hydrogens (tertiary/aromatic N) is 5. The van der Waals surface area contributed by atoms with Gasteiger partial charge in [-0.05, 0) is 36.4 Å². The average molecular weight is 498 g/mol. The van der Waals surface area contributed by atoms with Gasteiger partial charge in [0.15, 0.2) is 11.7 Å². The van der Waals surface area contributed by atoms with E-state index in [0.717, 1.165) is 49.9 Å². The molecule has 0 amide bonds. The van der Waals surface area contributed by atoms with Crippen molar-refractivity contribution in [1.82, 2.24) is 14.9 Å². The highest BCUT2D eigenvalue weighted by Crippen LogP contribution is 2.29. The van der Waals surface area contributed by atoms with Gasteiger partial charge in [0.25, 0.3) is 0 Å². The summed E-state index contributed by atoms with van der Waals surface area (Å²) in [6.45, 7) is 5.52. The lowest BCUT2D eigenvalue weighted by molar-refractivity contribution is -0.144. The van der Waals surface area contributed by atoms with Crippen LogP contribution in [0.25, 0.3) is 17.1 Å². The highest BCUT2D eigenvalue weighted by Gasteiger charge is 2.31. The zero-order chi connectivity index (χ0) is 25.9. The summed E-state index contributed by atoms with van der Waals surface area (Å²) in [5, 5.41) is 9.98. The molecular weight excluding hydrogens is 462 g/mol. The third kappa shape index (κ3) is 7.07. The first-order chi connectivity index (χ1) is 18.2. The lowest BCUT2D eigenvalue weighted by Crippen LogP contribution is -2.45. The number of aromatic nitrogens is 2. The number of carbonyl (C=O) groups is 1. The molecule has 1 atom stereocenters. The molecular formula is C30H35N5O2. The van der Waals surface area contributed by atoms with E-state index in [1.165, 1.54) is 6.42 Å². The van der Waals surface area contributed by atoms with Crippen molar-refractivity contribution in [1.29, 1.82) is 5.26 Å². The second kappa shape index (κ2) is 13.4. The van der Waals surface area contributed by atoms with Gasteiger partial charge < -0.3 is 14.5 Å². The van der Waals surface area contributed by atoms with E-state index >= 15 is 0 Å². The summed E-state index contributed by atoms with van der Waals surface area (Å²) in [7, 11) is 0. The van der Waals surface area contributed by atoms with Crippen molar-refractivity contribution >= 4 is 28.9 Å². The van der Waals surface area contributed by atoms with E-state index in [1.54, 1.807) is 0 Å². The standard InChI is InChI=1S/C30H35N5O2/c1-2-3-4-5-11-22-37-30(36)25(23-31)28-29(33-27-15-10-9-14-26(27)32-28)35-20-18-34(19-21-35)17-16-24-12-7-6-8-13-24/h6-10,12-17,25H,2-5,11,18-22H2,1H3. The molecule has 192 valence electrons. The monoisotopic (exact) mass is 497 g/mol. The van der Waals surface area contributed by atoms with Crippen molar-refractivity contribution in [3.63, 3.8) is 0 Å². The molecule has 3 aromatic rings. The first-order valence-electron chi connectivity index (χ1n) is 13.2. The molecule has 1 fully saturated rings. The number of benzene rings is 2. The van der Waals surface area contributed by atoms with Gasteiger partial charge in [-0.25, -0.2) is 9.97 Å². The summed E-state index contributed by atoms with van der Waals surface area (Å²) in [6.07, 6.45) is 9.53. The highest BCUT2D eigenvalue weighted by atomic mass is 16.5. The molecule has 1 aliphatic rings. The number of fused-ring (bicyclic) bond motifs is 1. The largest absolute Gasteiger partial charge is 0.464 e. The molecule has 0 bridgehead atoms. The normalized spacial score (nSPS) is 14.6. The molecule has 4 rings (SSSR count). The maximum absolute atomic E-state index is 13.0. The minimum absolute atomic E-state index is 0.323. The third-order valence-electron chi connectivity index (χ3n) is 6.60. The van der Waals surface area contributed by atoms with E-state index in [0.29, 0.717) is 36.7 Å². The van der Waals surface area contributed by atoms with E-state index in [9.17, 15) is 10.1 Å². The van der Waals surface area contributed by atoms with Gasteiger partial charge in [-0.1, -0.05) is 75.1 Å². The van der Waals surface area contributed by atoms with Gasteiger partial charge in [0.05, 0.1) is 23.7 Å². The van der Waals surface area contributed by atoms with Crippen LogP contribution in [0.1, 0.15) is 56.2 Å². The van der Waals surface area contributed by atoms with E-state index in [1.807, 2.05) is 42.5 Å². The predicted octanol–water partition coefficient (Wildman–Crippen LogP) is 5.54. The van der Waals surface area contributed by atoms with Crippen LogP contribution >= 0.6 is 0 Å². The first kappa shape index (κ1) is 26.2. The molecule has 7 heteroatoms. The van der Waals surface area contributed by atoms with Crippen molar-refractivity contribution in [2.75, 3.05) is 37.7 Å². The fourth-order valence-corrected chi connectivity index (χ4v) is 4.46. The Kier molecular flexibility index (Phi) is 9.47. The maximum Gasteiger partial charge on any atom is 0.329 e. The fourth-order valence-electron chi connectivity index (χ4n) is 4.46. The molecule has 1 aliphatic heterocycles. The summed E-state index contributed by atoms with van der Waals surface area (Å²) in [5.41, 5.74) is 2.95. The number of para-hydroxylation sites is 2. The molecule has 2 heterocycles. The van der Waals surface area contributed by atoms with E-state index in [2.05, 4.69) is 47.2 Å². The molecule has 0 radical (unpaired) electrons. The maximum atomic E-state index is 13.0. The number of piperazine rings is 1. The Morgan fingerprint density at radius 2 is 1.65 bits per heavy atom. The molecule has 0 aliphatic carbocycles. The molecule has 0 saturated carbocycles. The molecule has 1 aromatic heterocycles. The number of nitriles is 1. The number of rotatable bonds is 11. The van der Waals surface area contributed by atoms with Crippen LogP contribution in [-0.4, -0.2) is 53.6 Å². The highest BCUT2D eigenvalue weighted by molar-refractivity contribution is 5.85. The number of esters is 1. The molecule has 37 heavy (non-hydrogen) atoms. The van der Waals surface area contributed by atoms with Crippen LogP contribution in [0.4, 0.5) is 5.82 Å². The zero-order valence-electron chi connectivity index (χ0n) is 21.6. The molecule has 0 spiro atoms. The Bertz CT molecular complexity index is 1230. The summed E-state index contributed by atoms with van der Waals surface area (Å²) in [6, 6.07) is 19.9. The molecule has 2 aromatic carbocycles. The van der Waals surface area contributed by atoms with Crippen molar-refractivity contribution < 1.29 is 9.53 Å². The van der Waals surface area contributed by atoms with Crippen molar-refractivity contribution in [3.05, 3.63) is 72.1 Å². The minimum Gasteiger partial charge on any atom is -0.464 e. The van der Waals surface area contributed by atoms with Crippen LogP contribution in [0.2, 0.25) is 0 Å². The van der Waals surface area contributed by atoms with Crippen LogP contribution in [0.5, 0.6) is 0 Å². The molecule has 0 N–H and O–H groups in total. The number of hydrogen-bond acceptors (Lipinski definition) is 7. The Labute approximate surface area is 219 Å². The van der Waals surface area contributed by atoms with Gasteiger partial charge in [0.1, 0.15) is 5.69 Å². The molecule has 7 nitrogen and oxygen atoms in total. The van der Waals surface area contributed by atoms with Gasteiger partial charge in [0.2, 0.25) is 0 Å². The van der Waals surface area contributed by atoms with Crippen LogP contribution in [0, 0.1) is 11.3 Å². The lowest BCUT2D eigenvalue weighted by atomic mass is 10.1. The number of unbranched alkanes of at least 4 members (excludes halogenated alkanes) is 4. The number of anilines is 1. The fraction of sp³-hybridized carbons (Fsp3) is 0.400. The molecule has 1 saturated heterocycles. The van der Waals surface area contributed by atoms with Gasteiger partial charge in [-0.3, -0.25) is 4.79 Å². The number of hydrogen-bond donors (Lipinski definition) is 0. The summed E-state index contributed by atoms with van der Waals surface area (Å²) >= 11 is 0. The Morgan fingerprint density at radius 1 is 0.973 bits per heavy atom. The topological polar surface area (TPSA) is 82.3 Å². The Hall–Kier alpha value is -3.92. The third-order valence-corrected chi connectivity index (χ3v) is 6.60. The van der Waals surface area contributed by atoms with Crippen LogP contribution in [0.3, 0.4) is 0 Å². The average Bonchev–Trinajstić information content (AvgIpc) is 2.94. The van der Waals surface area contributed by atoms with Gasteiger partial charge in [0, 0.05) is 26.2 Å². The minimum atomic E-state index is -1.11. The van der Waals surface area contributed by atoms with Crippen molar-refractivity contribution in [2.24, 2.45) is 0 Å². The van der Waals surface area contributed by atoms with Gasteiger partial charge >= 0.3 is 5.97 Å². The number of carbonyl (C=O) groups excluding carboxylic acids is 1. The zero-order valence-corrected chi connectivity index (χ0v) is 21.6. The van der Waals surface area contributed by atoms with Crippen LogP contribution < -0.4 is 4.90 Å². The Morgan fingerprint density at radius 3 is 2.35 bits per heavy atom. The van der Waals surface area contributed by atoms with Crippen molar-refractivity contribution in [2.45, 2.75) is 44.9 Å². The summed E-state index contributed by atoms with van der Waals surface area (Å²) < 4.78 is 5.51. The van der Waals surface area contributed by atoms with Gasteiger partial charge in [-0.15, -0.1) is 0 Å². The Balaban J connectivity index is 1.48. The van der Waals surface area contributed by atoms with E-state index in [4.69, 9.17) is 14.7 Å². The molecule has 1 unspecified atom stereocenters. The SMILES string of the molecule is CCCCCCCOC(=O)C(C#N)c1nc2ccccc2nc1N1CCN(C=Cc2ccccc2)CC1. The summed E-state index contributed by atoms with van der Waals surface area (Å²) in [4.78, 5) is 27.0. The van der Waals surface area contributed by atoms with E-state index in [-0.39, 0.29) is 0 Å². The van der Waals surface area contributed by atoms with Gasteiger partial charge in [-0.2, -0.15) is 5.26 Å².